The van der Waals surface area contributed by atoms with E-state index < -0.39 is 53.6 Å². The van der Waals surface area contributed by atoms with E-state index in [1.165, 1.54) is 6.92 Å². The fourth-order valence-corrected chi connectivity index (χ4v) is 6.49. The molecule has 0 unspecified atom stereocenters. The van der Waals surface area contributed by atoms with Crippen molar-refractivity contribution in [2.75, 3.05) is 13.2 Å². The van der Waals surface area contributed by atoms with Crippen LogP contribution in [-0.2, 0) is 28.5 Å². The van der Waals surface area contributed by atoms with Crippen molar-refractivity contribution in [3.05, 3.63) is 0 Å². The lowest BCUT2D eigenvalue weighted by molar-refractivity contribution is -0.139. The second-order valence-electron chi connectivity index (χ2n) is 18.8. The number of aliphatic carboxylic acids is 1. The summed E-state index contributed by atoms with van der Waals surface area (Å²) >= 11 is 0. The number of carboxylic acid groups (broad SMARTS) is 1. The van der Waals surface area contributed by atoms with Gasteiger partial charge in [-0.05, 0) is 138 Å². The number of Topliss-reactive ketones (excluding diaryl/α,β-unsaturated/α-hetero) is 1. The molecule has 8 atom stereocenters. The summed E-state index contributed by atoms with van der Waals surface area (Å²) in [5, 5.41) is 35.1. The average molecular weight is 833 g/mol. The highest BCUT2D eigenvalue weighted by Gasteiger charge is 2.30. The summed E-state index contributed by atoms with van der Waals surface area (Å²) in [7, 11) is 0. The molecule has 0 aromatic rings. The number of ketones is 1. The van der Waals surface area contributed by atoms with E-state index in [1.54, 1.807) is 48.5 Å². The first-order chi connectivity index (χ1) is 26.7. The molecule has 0 aliphatic carbocycles. The molecule has 0 bridgehead atoms. The van der Waals surface area contributed by atoms with Crippen LogP contribution in [0, 0.1) is 23.7 Å². The molecular formula is C45H88N2O11. The van der Waals surface area contributed by atoms with E-state index in [0.29, 0.717) is 44.3 Å². The van der Waals surface area contributed by atoms with Gasteiger partial charge in [-0.1, -0.05) is 54.4 Å². The first-order valence-electron chi connectivity index (χ1n) is 22.1. The number of ether oxygens (including phenoxy) is 4. The maximum atomic E-state index is 12.0. The van der Waals surface area contributed by atoms with Crippen molar-refractivity contribution in [2.45, 2.75) is 229 Å². The van der Waals surface area contributed by atoms with Crippen molar-refractivity contribution >= 4 is 23.9 Å². The summed E-state index contributed by atoms with van der Waals surface area (Å²) in [4.78, 5) is 47.4. The number of aliphatic hydroxyl groups is 2. The van der Waals surface area contributed by atoms with E-state index in [0.717, 1.165) is 51.4 Å². The minimum atomic E-state index is -1.09. The molecule has 0 heterocycles. The number of nitrogens with one attached hydrogen (secondary N) is 2. The Hall–Kier alpha value is -2.48. The summed E-state index contributed by atoms with van der Waals surface area (Å²) in [5.41, 5.74) is -1.29. The molecule has 0 aliphatic rings. The first-order valence-corrected chi connectivity index (χ1v) is 22.1. The average Bonchev–Trinajstić information content (AvgIpc) is 3.05. The Labute approximate surface area is 352 Å². The Kier molecular flexibility index (Phi) is 30.3. The third kappa shape index (κ3) is 30.5. The number of aliphatic hydroxyl groups excluding tert-OH is 2. The van der Waals surface area contributed by atoms with Gasteiger partial charge in [0.25, 0.3) is 0 Å². The molecule has 13 nitrogen and oxygen atoms in total. The van der Waals surface area contributed by atoms with Crippen LogP contribution in [0.15, 0.2) is 0 Å². The maximum Gasteiger partial charge on any atom is 0.408 e. The minimum Gasteiger partial charge on any atom is -0.480 e. The van der Waals surface area contributed by atoms with Gasteiger partial charge in [-0.15, -0.1) is 0 Å². The molecule has 0 saturated heterocycles. The van der Waals surface area contributed by atoms with Crippen LogP contribution in [0.3, 0.4) is 0 Å². The first kappa shape index (κ1) is 57.6. The zero-order valence-corrected chi connectivity index (χ0v) is 39.3. The van der Waals surface area contributed by atoms with Gasteiger partial charge in [0, 0.05) is 25.0 Å². The Morgan fingerprint density at radius 1 is 0.552 bits per heavy atom. The van der Waals surface area contributed by atoms with Crippen LogP contribution < -0.4 is 10.6 Å². The van der Waals surface area contributed by atoms with E-state index in [2.05, 4.69) is 45.3 Å². The Balaban J connectivity index is 0. The number of carbonyl (C=O) groups is 4. The number of rotatable bonds is 28. The number of carbonyl (C=O) groups excluding carboxylic acids is 3. The van der Waals surface area contributed by atoms with E-state index in [9.17, 15) is 34.5 Å². The SMILES string of the molecule is CCCO[C@@H](CCC[C@H](NC(=O)OC(C)(C)C)C(=O)O)[C@@H](CCC(C)C)[C@H](C)O.CCCO[C@@H](CCC[C@H](NC(=O)OC(C)(C)C)C(C)=O)[C@@H](CCC(C)C)[C@H](C)O. The standard InChI is InChI=1S/C23H45NO5.C22H43NO6/c1-9-15-28-21(19(17(4)25)14-13-16(2)3)12-10-11-20(18(5)26)24-22(27)29-23(6,7)8;1-8-14-28-19(17(16(4)24)13-12-15(2)3)11-9-10-18(20(25)26)23-21(27)29-22(5,6)7/h16-17,19-21,25H,9-15H2,1-8H3,(H,24,27);15-19,24H,8-14H2,1-7H3,(H,23,27)(H,25,26)/t17-,19-,20-,21-;16-,17-,18-,19-/m00/s1. The molecule has 0 aromatic carbocycles. The molecule has 0 aliphatic heterocycles. The van der Waals surface area contributed by atoms with Gasteiger partial charge in [-0.25, -0.2) is 14.4 Å². The molecule has 344 valence electrons. The molecule has 0 rings (SSSR count). The van der Waals surface area contributed by atoms with Crippen LogP contribution in [0.4, 0.5) is 9.59 Å². The van der Waals surface area contributed by atoms with Crippen molar-refractivity contribution in [1.82, 2.24) is 10.6 Å². The van der Waals surface area contributed by atoms with Crippen LogP contribution in [-0.4, -0.2) is 100 Å². The summed E-state index contributed by atoms with van der Waals surface area (Å²) < 4.78 is 22.5. The van der Waals surface area contributed by atoms with Crippen LogP contribution in [0.1, 0.15) is 181 Å². The van der Waals surface area contributed by atoms with Crippen LogP contribution in [0.25, 0.3) is 0 Å². The number of hydrogen-bond acceptors (Lipinski definition) is 10. The predicted molar refractivity (Wildman–Crippen MR) is 231 cm³/mol. The molecule has 2 amide bonds. The van der Waals surface area contributed by atoms with Crippen molar-refractivity contribution in [3.8, 4) is 0 Å². The second kappa shape index (κ2) is 30.5. The Morgan fingerprint density at radius 3 is 1.17 bits per heavy atom. The summed E-state index contributed by atoms with van der Waals surface area (Å²) in [6, 6.07) is -1.59. The fraction of sp³-hybridized carbons (Fsp3) is 0.911. The summed E-state index contributed by atoms with van der Waals surface area (Å²) in [5.74, 6) is 0.00724. The molecule has 0 fully saturated rings. The van der Waals surface area contributed by atoms with Gasteiger partial charge < -0.3 is 44.9 Å². The van der Waals surface area contributed by atoms with Crippen LogP contribution in [0.5, 0.6) is 0 Å². The van der Waals surface area contributed by atoms with Gasteiger partial charge in [0.15, 0.2) is 5.78 Å². The molecule has 0 aromatic heterocycles. The highest BCUT2D eigenvalue weighted by atomic mass is 16.6. The lowest BCUT2D eigenvalue weighted by atomic mass is 9.86. The summed E-state index contributed by atoms with van der Waals surface area (Å²) in [6.07, 6.45) is 6.64. The lowest BCUT2D eigenvalue weighted by Crippen LogP contribution is -2.43. The van der Waals surface area contributed by atoms with E-state index in [-0.39, 0.29) is 36.2 Å². The highest BCUT2D eigenvalue weighted by molar-refractivity contribution is 5.85. The number of carboxylic acids is 1. The molecule has 58 heavy (non-hydrogen) atoms. The smallest absolute Gasteiger partial charge is 0.408 e. The second-order valence-corrected chi connectivity index (χ2v) is 18.8. The van der Waals surface area contributed by atoms with Crippen LogP contribution >= 0.6 is 0 Å². The molecule has 0 radical (unpaired) electrons. The number of amides is 2. The van der Waals surface area contributed by atoms with Gasteiger partial charge in [-0.3, -0.25) is 4.79 Å². The van der Waals surface area contributed by atoms with Crippen molar-refractivity contribution in [1.29, 1.82) is 0 Å². The van der Waals surface area contributed by atoms with Crippen molar-refractivity contribution < 1.29 is 53.4 Å². The highest BCUT2D eigenvalue weighted by Crippen LogP contribution is 2.27. The topological polar surface area (TPSA) is 190 Å². The van der Waals surface area contributed by atoms with Crippen molar-refractivity contribution in [3.63, 3.8) is 0 Å². The van der Waals surface area contributed by atoms with Gasteiger partial charge in [0.2, 0.25) is 0 Å². The quantitative estimate of drug-likeness (QED) is 0.0505. The lowest BCUT2D eigenvalue weighted by Gasteiger charge is -2.30. The van der Waals surface area contributed by atoms with Crippen LogP contribution in [0.2, 0.25) is 0 Å². The number of hydrogen-bond donors (Lipinski definition) is 5. The summed E-state index contributed by atoms with van der Waals surface area (Å²) in [6.45, 7) is 29.7. The maximum absolute atomic E-state index is 12.0. The largest absolute Gasteiger partial charge is 0.480 e. The predicted octanol–water partition coefficient (Wildman–Crippen LogP) is 9.23. The normalized spacial score (nSPS) is 16.2. The van der Waals surface area contributed by atoms with E-state index >= 15 is 0 Å². The Morgan fingerprint density at radius 2 is 0.897 bits per heavy atom. The fourth-order valence-electron chi connectivity index (χ4n) is 6.49. The minimum absolute atomic E-state index is 0.00560. The molecule has 13 heteroatoms. The zero-order valence-electron chi connectivity index (χ0n) is 39.3. The van der Waals surface area contributed by atoms with Gasteiger partial charge in [0.05, 0.1) is 30.5 Å². The number of alkyl carbamates (subject to hydrolysis) is 2. The third-order valence-corrected chi connectivity index (χ3v) is 9.55. The molecular weight excluding hydrogens is 744 g/mol. The molecule has 0 spiro atoms. The van der Waals surface area contributed by atoms with E-state index in [4.69, 9.17) is 18.9 Å². The third-order valence-electron chi connectivity index (χ3n) is 9.55. The molecule has 5 N–H and O–H groups in total. The Bertz CT molecular complexity index is 1030. The van der Waals surface area contributed by atoms with Gasteiger partial charge in [-0.2, -0.15) is 0 Å². The van der Waals surface area contributed by atoms with Crippen molar-refractivity contribution in [2.24, 2.45) is 23.7 Å². The van der Waals surface area contributed by atoms with Gasteiger partial charge >= 0.3 is 18.2 Å². The molecule has 0 saturated carbocycles. The van der Waals surface area contributed by atoms with Gasteiger partial charge in [0.1, 0.15) is 17.2 Å². The zero-order chi connectivity index (χ0) is 45.2. The monoisotopic (exact) mass is 833 g/mol. The van der Waals surface area contributed by atoms with E-state index in [1.807, 2.05) is 13.8 Å².